The zero-order valence-corrected chi connectivity index (χ0v) is 10.9. The summed E-state index contributed by atoms with van der Waals surface area (Å²) in [6, 6.07) is 5.59. The van der Waals surface area contributed by atoms with Crippen LogP contribution < -0.4 is 5.32 Å². The Hall–Kier alpha value is -2.44. The van der Waals surface area contributed by atoms with E-state index in [-0.39, 0.29) is 13.0 Å². The summed E-state index contributed by atoms with van der Waals surface area (Å²) in [6.45, 7) is -0.726. The summed E-state index contributed by atoms with van der Waals surface area (Å²) in [5.41, 5.74) is 0.494. The monoisotopic (exact) mass is 282 g/mol. The summed E-state index contributed by atoms with van der Waals surface area (Å²) in [7, 11) is 1.33. The van der Waals surface area contributed by atoms with Gasteiger partial charge in [0, 0.05) is 7.05 Å². The lowest BCUT2D eigenvalue weighted by molar-refractivity contribution is -0.143. The number of nitrogens with zero attached hydrogens (tertiary/aromatic N) is 1. The van der Waals surface area contributed by atoms with Gasteiger partial charge < -0.3 is 15.3 Å². The standard InChI is InChI=1S/C13H15FN2O4/c1-16(8-13(19)20)12(18)7-15-11(17)6-9-3-2-4-10(14)5-9/h2-5H,6-8H2,1H3,(H,15,17)(H,19,20). The number of carbonyl (C=O) groups is 3. The van der Waals surface area contributed by atoms with Gasteiger partial charge in [-0.1, -0.05) is 12.1 Å². The van der Waals surface area contributed by atoms with Gasteiger partial charge in [-0.3, -0.25) is 14.4 Å². The van der Waals surface area contributed by atoms with Crippen molar-refractivity contribution in [3.8, 4) is 0 Å². The maximum Gasteiger partial charge on any atom is 0.323 e. The van der Waals surface area contributed by atoms with Crippen LogP contribution in [0.25, 0.3) is 0 Å². The molecule has 2 amide bonds. The van der Waals surface area contributed by atoms with Crippen LogP contribution in [-0.4, -0.2) is 47.9 Å². The van der Waals surface area contributed by atoms with Crippen molar-refractivity contribution in [2.24, 2.45) is 0 Å². The molecule has 0 atom stereocenters. The third-order valence-electron chi connectivity index (χ3n) is 2.49. The number of hydrogen-bond donors (Lipinski definition) is 2. The summed E-state index contributed by atoms with van der Waals surface area (Å²) in [6.07, 6.45) is -0.0479. The Bertz CT molecular complexity index is 519. The average Bonchev–Trinajstić information content (AvgIpc) is 2.35. The SMILES string of the molecule is CN(CC(=O)O)C(=O)CNC(=O)Cc1cccc(F)c1. The third kappa shape index (κ3) is 5.47. The lowest BCUT2D eigenvalue weighted by atomic mass is 10.1. The number of rotatable bonds is 6. The first kappa shape index (κ1) is 15.6. The molecule has 1 aromatic rings. The Morgan fingerprint density at radius 1 is 1.35 bits per heavy atom. The summed E-state index contributed by atoms with van der Waals surface area (Å²) in [5, 5.41) is 10.9. The molecule has 0 radical (unpaired) electrons. The van der Waals surface area contributed by atoms with Gasteiger partial charge in [-0.05, 0) is 17.7 Å². The molecule has 0 heterocycles. The van der Waals surface area contributed by atoms with Gasteiger partial charge in [0.15, 0.2) is 0 Å². The smallest absolute Gasteiger partial charge is 0.323 e. The molecule has 0 unspecified atom stereocenters. The van der Waals surface area contributed by atoms with E-state index < -0.39 is 30.1 Å². The summed E-state index contributed by atoms with van der Waals surface area (Å²) >= 11 is 0. The minimum absolute atomic E-state index is 0.0479. The zero-order valence-electron chi connectivity index (χ0n) is 10.9. The first-order valence-electron chi connectivity index (χ1n) is 5.85. The Labute approximate surface area is 115 Å². The maximum atomic E-state index is 12.9. The number of amides is 2. The van der Waals surface area contributed by atoms with E-state index in [0.29, 0.717) is 5.56 Å². The fraction of sp³-hybridized carbons (Fsp3) is 0.308. The van der Waals surface area contributed by atoms with Crippen LogP contribution >= 0.6 is 0 Å². The first-order valence-corrected chi connectivity index (χ1v) is 5.85. The van der Waals surface area contributed by atoms with Gasteiger partial charge in [-0.2, -0.15) is 0 Å². The van der Waals surface area contributed by atoms with E-state index in [9.17, 15) is 18.8 Å². The van der Waals surface area contributed by atoms with Gasteiger partial charge in [-0.25, -0.2) is 4.39 Å². The molecule has 108 valence electrons. The van der Waals surface area contributed by atoms with Crippen molar-refractivity contribution in [3.63, 3.8) is 0 Å². The second kappa shape index (κ2) is 7.22. The highest BCUT2D eigenvalue weighted by atomic mass is 19.1. The number of carboxylic acids is 1. The number of hydrogen-bond acceptors (Lipinski definition) is 3. The Morgan fingerprint density at radius 2 is 2.05 bits per heavy atom. The van der Waals surface area contributed by atoms with Crippen LogP contribution in [-0.2, 0) is 20.8 Å². The highest BCUT2D eigenvalue weighted by Gasteiger charge is 2.13. The van der Waals surface area contributed by atoms with Crippen molar-refractivity contribution in [3.05, 3.63) is 35.6 Å². The quantitative estimate of drug-likeness (QED) is 0.770. The predicted octanol–water partition coefficient (Wildman–Crippen LogP) is 0.0274. The van der Waals surface area contributed by atoms with Gasteiger partial charge in [0.2, 0.25) is 11.8 Å². The van der Waals surface area contributed by atoms with Crippen molar-refractivity contribution < 1.29 is 23.9 Å². The minimum Gasteiger partial charge on any atom is -0.480 e. The Kier molecular flexibility index (Phi) is 5.64. The van der Waals surface area contributed by atoms with Crippen molar-refractivity contribution in [2.45, 2.75) is 6.42 Å². The third-order valence-corrected chi connectivity index (χ3v) is 2.49. The number of benzene rings is 1. The normalized spacial score (nSPS) is 9.90. The number of aliphatic carboxylic acids is 1. The van der Waals surface area contributed by atoms with Crippen LogP contribution in [0.3, 0.4) is 0 Å². The molecule has 1 rings (SSSR count). The Balaban J connectivity index is 2.40. The van der Waals surface area contributed by atoms with Crippen LogP contribution in [0.2, 0.25) is 0 Å². The van der Waals surface area contributed by atoms with Gasteiger partial charge in [-0.15, -0.1) is 0 Å². The van der Waals surface area contributed by atoms with Crippen molar-refractivity contribution in [1.29, 1.82) is 0 Å². The van der Waals surface area contributed by atoms with Gasteiger partial charge >= 0.3 is 5.97 Å². The van der Waals surface area contributed by atoms with E-state index >= 15 is 0 Å². The first-order chi connectivity index (χ1) is 9.38. The molecule has 0 saturated carbocycles. The van der Waals surface area contributed by atoms with E-state index in [1.54, 1.807) is 6.07 Å². The molecule has 0 aromatic heterocycles. The van der Waals surface area contributed by atoms with E-state index in [2.05, 4.69) is 5.32 Å². The molecule has 0 fully saturated rings. The molecule has 7 heteroatoms. The fourth-order valence-corrected chi connectivity index (χ4v) is 1.50. The molecule has 0 saturated heterocycles. The highest BCUT2D eigenvalue weighted by Crippen LogP contribution is 2.03. The van der Waals surface area contributed by atoms with E-state index in [0.717, 1.165) is 4.90 Å². The number of carboxylic acid groups (broad SMARTS) is 1. The molecule has 20 heavy (non-hydrogen) atoms. The number of carbonyl (C=O) groups excluding carboxylic acids is 2. The van der Waals surface area contributed by atoms with Crippen LogP contribution in [0.5, 0.6) is 0 Å². The molecular weight excluding hydrogens is 267 g/mol. The van der Waals surface area contributed by atoms with Gasteiger partial charge in [0.1, 0.15) is 12.4 Å². The average molecular weight is 282 g/mol. The topological polar surface area (TPSA) is 86.7 Å². The number of likely N-dealkylation sites (N-methyl/N-ethyl adjacent to an activating group) is 1. The molecule has 0 bridgehead atoms. The van der Waals surface area contributed by atoms with Gasteiger partial charge in [0.05, 0.1) is 13.0 Å². The van der Waals surface area contributed by atoms with Crippen molar-refractivity contribution >= 4 is 17.8 Å². The molecular formula is C13H15FN2O4. The van der Waals surface area contributed by atoms with Crippen LogP contribution in [0.1, 0.15) is 5.56 Å². The molecule has 0 aliphatic rings. The van der Waals surface area contributed by atoms with Crippen LogP contribution in [0.15, 0.2) is 24.3 Å². The fourth-order valence-electron chi connectivity index (χ4n) is 1.50. The maximum absolute atomic E-state index is 12.9. The lowest BCUT2D eigenvalue weighted by Crippen LogP contribution is -2.40. The number of halogens is 1. The molecule has 2 N–H and O–H groups in total. The van der Waals surface area contributed by atoms with Crippen LogP contribution in [0, 0.1) is 5.82 Å². The minimum atomic E-state index is -1.13. The second-order valence-electron chi connectivity index (χ2n) is 4.23. The van der Waals surface area contributed by atoms with E-state index in [1.807, 2.05) is 0 Å². The molecule has 0 spiro atoms. The van der Waals surface area contributed by atoms with Crippen molar-refractivity contribution in [1.82, 2.24) is 10.2 Å². The second-order valence-corrected chi connectivity index (χ2v) is 4.23. The predicted molar refractivity (Wildman–Crippen MR) is 68.4 cm³/mol. The van der Waals surface area contributed by atoms with Crippen LogP contribution in [0.4, 0.5) is 4.39 Å². The van der Waals surface area contributed by atoms with E-state index in [1.165, 1.54) is 25.2 Å². The number of nitrogens with one attached hydrogen (secondary N) is 1. The molecule has 0 aliphatic carbocycles. The zero-order chi connectivity index (χ0) is 15.1. The van der Waals surface area contributed by atoms with Crippen molar-refractivity contribution in [2.75, 3.05) is 20.1 Å². The lowest BCUT2D eigenvalue weighted by Gasteiger charge is -2.14. The summed E-state index contributed by atoms with van der Waals surface area (Å²) in [4.78, 5) is 34.4. The Morgan fingerprint density at radius 3 is 2.65 bits per heavy atom. The highest BCUT2D eigenvalue weighted by molar-refractivity contribution is 5.87. The summed E-state index contributed by atoms with van der Waals surface area (Å²) in [5.74, 6) is -2.52. The van der Waals surface area contributed by atoms with E-state index in [4.69, 9.17) is 5.11 Å². The largest absolute Gasteiger partial charge is 0.480 e. The summed E-state index contributed by atoms with van der Waals surface area (Å²) < 4.78 is 12.9. The van der Waals surface area contributed by atoms with Gasteiger partial charge in [0.25, 0.3) is 0 Å². The molecule has 6 nitrogen and oxygen atoms in total. The molecule has 0 aliphatic heterocycles. The molecule has 1 aromatic carbocycles.